The number of carbonyl (C=O) groups is 1. The summed E-state index contributed by atoms with van der Waals surface area (Å²) in [6, 6.07) is 8.57. The first-order chi connectivity index (χ1) is 12.3. The van der Waals surface area contributed by atoms with E-state index < -0.39 is 16.0 Å². The highest BCUT2D eigenvalue weighted by atomic mass is 35.5. The van der Waals surface area contributed by atoms with Crippen molar-refractivity contribution < 1.29 is 27.4 Å². The smallest absolute Gasteiger partial charge is 0.339 e. The van der Waals surface area contributed by atoms with Crippen molar-refractivity contribution in [3.05, 3.63) is 47.0 Å². The molecule has 0 aliphatic heterocycles. The van der Waals surface area contributed by atoms with Crippen LogP contribution in [0, 0.1) is 0 Å². The van der Waals surface area contributed by atoms with Crippen molar-refractivity contribution in [2.75, 3.05) is 25.5 Å². The summed E-state index contributed by atoms with van der Waals surface area (Å²) in [4.78, 5) is 11.8. The van der Waals surface area contributed by atoms with Crippen LogP contribution in [0.4, 0.5) is 5.69 Å². The molecule has 0 bridgehead atoms. The molecule has 0 heterocycles. The molecule has 0 fully saturated rings. The van der Waals surface area contributed by atoms with Gasteiger partial charge in [-0.3, -0.25) is 4.72 Å². The molecule has 7 nitrogen and oxygen atoms in total. The van der Waals surface area contributed by atoms with Gasteiger partial charge in [-0.25, -0.2) is 13.2 Å². The van der Waals surface area contributed by atoms with Crippen LogP contribution >= 0.6 is 11.6 Å². The van der Waals surface area contributed by atoms with Gasteiger partial charge in [0.2, 0.25) is 0 Å². The monoisotopic (exact) mass is 399 g/mol. The number of benzene rings is 2. The van der Waals surface area contributed by atoms with Crippen LogP contribution in [0.15, 0.2) is 41.3 Å². The molecule has 2 rings (SSSR count). The zero-order valence-corrected chi connectivity index (χ0v) is 16.0. The minimum atomic E-state index is -4.01. The zero-order chi connectivity index (χ0) is 19.3. The number of hydrogen-bond acceptors (Lipinski definition) is 6. The number of ether oxygens (including phenoxy) is 3. The molecule has 26 heavy (non-hydrogen) atoms. The second-order valence-electron chi connectivity index (χ2n) is 5.04. The number of sulfonamides is 1. The Morgan fingerprint density at radius 2 is 1.85 bits per heavy atom. The Bertz CT molecular complexity index is 913. The first-order valence-corrected chi connectivity index (χ1v) is 9.40. The Kier molecular flexibility index (Phi) is 6.33. The fourth-order valence-electron chi connectivity index (χ4n) is 2.16. The number of halogens is 1. The van der Waals surface area contributed by atoms with E-state index >= 15 is 0 Å². The Hall–Kier alpha value is -2.45. The highest BCUT2D eigenvalue weighted by Crippen LogP contribution is 2.30. The highest BCUT2D eigenvalue weighted by Gasteiger charge is 2.22. The van der Waals surface area contributed by atoms with Crippen molar-refractivity contribution in [2.24, 2.45) is 0 Å². The molecular weight excluding hydrogens is 382 g/mol. The molecule has 0 aliphatic rings. The molecule has 1 N–H and O–H groups in total. The maximum absolute atomic E-state index is 12.7. The van der Waals surface area contributed by atoms with Crippen molar-refractivity contribution in [3.63, 3.8) is 0 Å². The summed E-state index contributed by atoms with van der Waals surface area (Å²) < 4.78 is 43.0. The molecule has 0 unspecified atom stereocenters. The number of carbonyl (C=O) groups excluding carboxylic acids is 1. The largest absolute Gasteiger partial charge is 0.497 e. The summed E-state index contributed by atoms with van der Waals surface area (Å²) in [6.07, 6.45) is 0. The van der Waals surface area contributed by atoms with E-state index in [4.69, 9.17) is 25.8 Å². The summed E-state index contributed by atoms with van der Waals surface area (Å²) in [5, 5.41) is 0.158. The lowest BCUT2D eigenvalue weighted by Gasteiger charge is -2.13. The van der Waals surface area contributed by atoms with Crippen LogP contribution in [0.3, 0.4) is 0 Å². The molecule has 140 valence electrons. The fourth-order valence-corrected chi connectivity index (χ4v) is 3.59. The van der Waals surface area contributed by atoms with E-state index in [0.29, 0.717) is 5.75 Å². The van der Waals surface area contributed by atoms with Crippen LogP contribution < -0.4 is 14.2 Å². The van der Waals surface area contributed by atoms with Crippen molar-refractivity contribution in [3.8, 4) is 11.5 Å². The quantitative estimate of drug-likeness (QED) is 0.718. The Labute approximate surface area is 156 Å². The predicted octanol–water partition coefficient (Wildman–Crippen LogP) is 3.33. The van der Waals surface area contributed by atoms with Gasteiger partial charge >= 0.3 is 5.97 Å². The summed E-state index contributed by atoms with van der Waals surface area (Å²) in [7, 11) is -1.22. The normalized spacial score (nSPS) is 10.9. The lowest BCUT2D eigenvalue weighted by atomic mass is 10.2. The molecule has 2 aromatic carbocycles. The van der Waals surface area contributed by atoms with E-state index in [0.717, 1.165) is 0 Å². The van der Waals surface area contributed by atoms with Gasteiger partial charge in [-0.15, -0.1) is 0 Å². The molecule has 2 aromatic rings. The third-order valence-corrected chi connectivity index (χ3v) is 5.11. The number of nitrogens with one attached hydrogen (secondary N) is 1. The van der Waals surface area contributed by atoms with Crippen LogP contribution in [0.25, 0.3) is 0 Å². The topological polar surface area (TPSA) is 90.9 Å². The third-order valence-electron chi connectivity index (χ3n) is 3.37. The maximum Gasteiger partial charge on any atom is 0.339 e. The Balaban J connectivity index is 2.41. The van der Waals surface area contributed by atoms with Gasteiger partial charge in [-0.1, -0.05) is 11.6 Å². The molecule has 0 radical (unpaired) electrons. The molecule has 9 heteroatoms. The lowest BCUT2D eigenvalue weighted by Crippen LogP contribution is -2.15. The molecule has 0 atom stereocenters. The molecule has 0 saturated heterocycles. The Morgan fingerprint density at radius 1 is 1.12 bits per heavy atom. The van der Waals surface area contributed by atoms with Crippen LogP contribution in [0.2, 0.25) is 5.02 Å². The van der Waals surface area contributed by atoms with Gasteiger partial charge in [0, 0.05) is 11.8 Å². The van der Waals surface area contributed by atoms with Crippen LogP contribution in [-0.2, 0) is 14.8 Å². The summed E-state index contributed by atoms with van der Waals surface area (Å²) in [5.74, 6) is -0.134. The number of methoxy groups -OCH3 is 2. The van der Waals surface area contributed by atoms with E-state index in [-0.39, 0.29) is 33.5 Å². The van der Waals surface area contributed by atoms with Gasteiger partial charge in [0.1, 0.15) is 16.4 Å². The van der Waals surface area contributed by atoms with Crippen LogP contribution in [0.5, 0.6) is 11.5 Å². The first kappa shape index (κ1) is 19.9. The third kappa shape index (κ3) is 4.39. The summed E-state index contributed by atoms with van der Waals surface area (Å²) in [6.45, 7) is 1.83. The summed E-state index contributed by atoms with van der Waals surface area (Å²) >= 11 is 5.99. The molecule has 0 amide bonds. The van der Waals surface area contributed by atoms with Gasteiger partial charge in [0.05, 0.1) is 31.4 Å². The molecule has 0 aliphatic carbocycles. The van der Waals surface area contributed by atoms with E-state index in [1.165, 1.54) is 44.6 Å². The SMILES string of the molecule is CCOC(=O)c1cc(NS(=O)(=O)c2cc(OC)ccc2OC)ccc1Cl. The van der Waals surface area contributed by atoms with E-state index in [1.54, 1.807) is 13.0 Å². The zero-order valence-electron chi connectivity index (χ0n) is 14.4. The summed E-state index contributed by atoms with van der Waals surface area (Å²) in [5.41, 5.74) is 0.216. The fraction of sp³-hybridized carbons (Fsp3) is 0.235. The average Bonchev–Trinajstić information content (AvgIpc) is 2.62. The first-order valence-electron chi connectivity index (χ1n) is 7.54. The van der Waals surface area contributed by atoms with Crippen LogP contribution in [-0.4, -0.2) is 35.2 Å². The van der Waals surface area contributed by atoms with Gasteiger partial charge in [-0.2, -0.15) is 0 Å². The minimum absolute atomic E-state index is 0.0614. The number of rotatable bonds is 7. The highest BCUT2D eigenvalue weighted by molar-refractivity contribution is 7.92. The van der Waals surface area contributed by atoms with Crippen molar-refractivity contribution >= 4 is 33.3 Å². The van der Waals surface area contributed by atoms with E-state index in [2.05, 4.69) is 4.72 Å². The number of anilines is 1. The number of hydrogen-bond donors (Lipinski definition) is 1. The van der Waals surface area contributed by atoms with Crippen molar-refractivity contribution in [1.29, 1.82) is 0 Å². The number of esters is 1. The van der Waals surface area contributed by atoms with E-state index in [1.807, 2.05) is 0 Å². The van der Waals surface area contributed by atoms with Crippen LogP contribution in [0.1, 0.15) is 17.3 Å². The maximum atomic E-state index is 12.7. The van der Waals surface area contributed by atoms with Gasteiger partial charge in [0.25, 0.3) is 10.0 Å². The predicted molar refractivity (Wildman–Crippen MR) is 97.8 cm³/mol. The van der Waals surface area contributed by atoms with Crippen molar-refractivity contribution in [1.82, 2.24) is 0 Å². The second kappa shape index (κ2) is 8.29. The molecular formula is C17H18ClNO6S. The second-order valence-corrected chi connectivity index (χ2v) is 7.10. The molecule has 0 spiro atoms. The van der Waals surface area contributed by atoms with Gasteiger partial charge in [0.15, 0.2) is 0 Å². The van der Waals surface area contributed by atoms with Gasteiger partial charge in [-0.05, 0) is 37.3 Å². The molecule has 0 aromatic heterocycles. The molecule has 0 saturated carbocycles. The van der Waals surface area contributed by atoms with Crippen molar-refractivity contribution in [2.45, 2.75) is 11.8 Å². The van der Waals surface area contributed by atoms with E-state index in [9.17, 15) is 13.2 Å². The van der Waals surface area contributed by atoms with Gasteiger partial charge < -0.3 is 14.2 Å². The standard InChI is InChI=1S/C17H18ClNO6S/c1-4-25-17(20)13-9-11(5-7-14(13)18)19-26(21,22)16-10-12(23-2)6-8-15(16)24-3/h5-10,19H,4H2,1-3H3. The minimum Gasteiger partial charge on any atom is -0.497 e. The average molecular weight is 400 g/mol. The Morgan fingerprint density at radius 3 is 2.46 bits per heavy atom. The lowest BCUT2D eigenvalue weighted by molar-refractivity contribution is 0.0526.